The SMILES string of the molecule is CCOC(=O)Cc1ccc(Oc2ccc3[nH]c(C)cc3c2[N+](=O)[O-])c(OC)c1. The molecule has 0 bridgehead atoms. The number of nitro groups is 1. The van der Waals surface area contributed by atoms with Crippen molar-refractivity contribution >= 4 is 22.6 Å². The van der Waals surface area contributed by atoms with E-state index >= 15 is 0 Å². The van der Waals surface area contributed by atoms with Crippen molar-refractivity contribution in [2.75, 3.05) is 13.7 Å². The van der Waals surface area contributed by atoms with Gasteiger partial charge in [0.25, 0.3) is 0 Å². The molecular weight excluding hydrogens is 364 g/mol. The Balaban J connectivity index is 1.96. The molecule has 0 atom stereocenters. The number of H-pyrrole nitrogens is 1. The van der Waals surface area contributed by atoms with E-state index < -0.39 is 4.92 Å². The summed E-state index contributed by atoms with van der Waals surface area (Å²) in [5.74, 6) is 0.432. The fraction of sp³-hybridized carbons (Fsp3) is 0.250. The summed E-state index contributed by atoms with van der Waals surface area (Å²) in [4.78, 5) is 25.9. The van der Waals surface area contributed by atoms with E-state index in [0.717, 1.165) is 5.69 Å². The van der Waals surface area contributed by atoms with Crippen LogP contribution in [0.2, 0.25) is 0 Å². The molecule has 3 aromatic rings. The summed E-state index contributed by atoms with van der Waals surface area (Å²) < 4.78 is 16.1. The number of carbonyl (C=O) groups excluding carboxylic acids is 1. The average Bonchev–Trinajstić information content (AvgIpc) is 3.02. The van der Waals surface area contributed by atoms with Crippen LogP contribution < -0.4 is 9.47 Å². The number of carbonyl (C=O) groups is 1. The molecule has 0 saturated heterocycles. The summed E-state index contributed by atoms with van der Waals surface area (Å²) in [6.07, 6.45) is 0.0964. The van der Waals surface area contributed by atoms with Gasteiger partial charge in [-0.05, 0) is 49.7 Å². The Bertz CT molecular complexity index is 1040. The molecular formula is C20H20N2O6. The van der Waals surface area contributed by atoms with Gasteiger partial charge < -0.3 is 19.2 Å². The highest BCUT2D eigenvalue weighted by Crippen LogP contribution is 2.40. The van der Waals surface area contributed by atoms with Crippen LogP contribution in [-0.4, -0.2) is 29.6 Å². The zero-order valence-corrected chi connectivity index (χ0v) is 15.8. The summed E-state index contributed by atoms with van der Waals surface area (Å²) in [5, 5.41) is 12.1. The fourth-order valence-electron chi connectivity index (χ4n) is 2.98. The molecule has 28 heavy (non-hydrogen) atoms. The zero-order chi connectivity index (χ0) is 20.3. The minimum atomic E-state index is -0.466. The van der Waals surface area contributed by atoms with Crippen molar-refractivity contribution in [3.8, 4) is 17.2 Å². The number of benzene rings is 2. The number of aromatic nitrogens is 1. The molecule has 3 rings (SSSR count). The minimum Gasteiger partial charge on any atom is -0.493 e. The van der Waals surface area contributed by atoms with Gasteiger partial charge in [0, 0.05) is 5.69 Å². The predicted octanol–water partition coefficient (Wildman–Crippen LogP) is 4.29. The standard InChI is InChI=1S/C20H20N2O6/c1-4-27-19(23)11-13-5-7-16(18(10-13)26-3)28-17-8-6-15-14(9-12(2)21-15)20(17)22(24)25/h5-10,21H,4,11H2,1-3H3. The summed E-state index contributed by atoms with van der Waals surface area (Å²) in [7, 11) is 1.46. The molecule has 1 N–H and O–H groups in total. The number of aromatic amines is 1. The zero-order valence-electron chi connectivity index (χ0n) is 15.8. The molecule has 146 valence electrons. The van der Waals surface area contributed by atoms with Crippen LogP contribution in [0.1, 0.15) is 18.2 Å². The van der Waals surface area contributed by atoms with E-state index in [1.54, 1.807) is 43.3 Å². The number of methoxy groups -OCH3 is 1. The molecule has 0 spiro atoms. The van der Waals surface area contributed by atoms with E-state index in [4.69, 9.17) is 14.2 Å². The van der Waals surface area contributed by atoms with Crippen LogP contribution in [0.4, 0.5) is 5.69 Å². The lowest BCUT2D eigenvalue weighted by atomic mass is 10.1. The van der Waals surface area contributed by atoms with E-state index in [0.29, 0.717) is 34.6 Å². The third-order valence-electron chi connectivity index (χ3n) is 4.16. The largest absolute Gasteiger partial charge is 0.493 e. The molecule has 0 radical (unpaired) electrons. The number of hydrogen-bond donors (Lipinski definition) is 1. The lowest BCUT2D eigenvalue weighted by Crippen LogP contribution is -2.07. The lowest BCUT2D eigenvalue weighted by Gasteiger charge is -2.12. The van der Waals surface area contributed by atoms with Crippen molar-refractivity contribution in [1.82, 2.24) is 4.98 Å². The first-order valence-electron chi connectivity index (χ1n) is 8.70. The Morgan fingerprint density at radius 3 is 2.57 bits per heavy atom. The quantitative estimate of drug-likeness (QED) is 0.370. The Labute approximate surface area is 161 Å². The first kappa shape index (κ1) is 19.2. The molecule has 0 aliphatic rings. The number of esters is 1. The van der Waals surface area contributed by atoms with Crippen LogP contribution in [0.5, 0.6) is 17.2 Å². The molecule has 0 fully saturated rings. The smallest absolute Gasteiger partial charge is 0.320 e. The molecule has 1 aromatic heterocycles. The van der Waals surface area contributed by atoms with Crippen LogP contribution >= 0.6 is 0 Å². The second-order valence-electron chi connectivity index (χ2n) is 6.15. The van der Waals surface area contributed by atoms with Crippen molar-refractivity contribution in [2.45, 2.75) is 20.3 Å². The van der Waals surface area contributed by atoms with Gasteiger partial charge in [-0.25, -0.2) is 0 Å². The number of ether oxygens (including phenoxy) is 3. The van der Waals surface area contributed by atoms with E-state index in [2.05, 4.69) is 4.98 Å². The highest BCUT2D eigenvalue weighted by atomic mass is 16.6. The van der Waals surface area contributed by atoms with Gasteiger partial charge in [0.1, 0.15) is 0 Å². The maximum absolute atomic E-state index is 11.7. The minimum absolute atomic E-state index is 0.0964. The summed E-state index contributed by atoms with van der Waals surface area (Å²) in [5.41, 5.74) is 2.04. The topological polar surface area (TPSA) is 104 Å². The van der Waals surface area contributed by atoms with Crippen LogP contribution in [0.3, 0.4) is 0 Å². The monoisotopic (exact) mass is 384 g/mol. The maximum Gasteiger partial charge on any atom is 0.320 e. The van der Waals surface area contributed by atoms with Crippen LogP contribution in [0.15, 0.2) is 36.4 Å². The molecule has 1 heterocycles. The average molecular weight is 384 g/mol. The fourth-order valence-corrected chi connectivity index (χ4v) is 2.98. The maximum atomic E-state index is 11.7. The first-order valence-corrected chi connectivity index (χ1v) is 8.70. The third-order valence-corrected chi connectivity index (χ3v) is 4.16. The third kappa shape index (κ3) is 3.90. The Morgan fingerprint density at radius 1 is 1.14 bits per heavy atom. The van der Waals surface area contributed by atoms with Gasteiger partial charge in [-0.1, -0.05) is 6.07 Å². The molecule has 0 aliphatic carbocycles. The van der Waals surface area contributed by atoms with E-state index in [1.807, 2.05) is 6.92 Å². The van der Waals surface area contributed by atoms with Gasteiger partial charge >= 0.3 is 11.7 Å². The van der Waals surface area contributed by atoms with Crippen LogP contribution in [-0.2, 0) is 16.0 Å². The molecule has 8 heteroatoms. The van der Waals surface area contributed by atoms with E-state index in [-0.39, 0.29) is 23.8 Å². The predicted molar refractivity (Wildman–Crippen MR) is 103 cm³/mol. The Kier molecular flexibility index (Phi) is 5.49. The summed E-state index contributed by atoms with van der Waals surface area (Å²) in [6.45, 7) is 3.88. The number of nitrogens with one attached hydrogen (secondary N) is 1. The molecule has 8 nitrogen and oxygen atoms in total. The lowest BCUT2D eigenvalue weighted by molar-refractivity contribution is -0.383. The van der Waals surface area contributed by atoms with Crippen molar-refractivity contribution in [1.29, 1.82) is 0 Å². The molecule has 0 aliphatic heterocycles. The molecule has 2 aromatic carbocycles. The van der Waals surface area contributed by atoms with E-state index in [9.17, 15) is 14.9 Å². The van der Waals surface area contributed by atoms with Gasteiger partial charge in [-0.3, -0.25) is 14.9 Å². The highest BCUT2D eigenvalue weighted by Gasteiger charge is 2.23. The number of hydrogen-bond acceptors (Lipinski definition) is 6. The molecule has 0 unspecified atom stereocenters. The summed E-state index contributed by atoms with van der Waals surface area (Å²) >= 11 is 0. The number of nitrogens with zero attached hydrogens (tertiary/aromatic N) is 1. The number of fused-ring (bicyclic) bond motifs is 1. The molecule has 0 amide bonds. The van der Waals surface area contributed by atoms with Gasteiger partial charge in [-0.2, -0.15) is 0 Å². The Hall–Kier alpha value is -3.55. The van der Waals surface area contributed by atoms with Gasteiger partial charge in [0.05, 0.1) is 36.0 Å². The number of aryl methyl sites for hydroxylation is 1. The normalized spacial score (nSPS) is 10.7. The number of nitro benzene ring substituents is 1. The second-order valence-corrected chi connectivity index (χ2v) is 6.15. The van der Waals surface area contributed by atoms with E-state index in [1.165, 1.54) is 7.11 Å². The van der Waals surface area contributed by atoms with Crippen molar-refractivity contribution in [2.24, 2.45) is 0 Å². The first-order chi connectivity index (χ1) is 13.4. The van der Waals surface area contributed by atoms with Gasteiger partial charge in [0.15, 0.2) is 11.5 Å². The highest BCUT2D eigenvalue weighted by molar-refractivity contribution is 5.92. The van der Waals surface area contributed by atoms with Gasteiger partial charge in [0.2, 0.25) is 5.75 Å². The second kappa shape index (κ2) is 7.99. The summed E-state index contributed by atoms with van der Waals surface area (Å²) in [6, 6.07) is 9.94. The Morgan fingerprint density at radius 2 is 1.89 bits per heavy atom. The van der Waals surface area contributed by atoms with Crippen LogP contribution in [0.25, 0.3) is 10.9 Å². The van der Waals surface area contributed by atoms with Crippen LogP contribution in [0, 0.1) is 17.0 Å². The van der Waals surface area contributed by atoms with Crippen molar-refractivity contribution in [3.05, 3.63) is 57.8 Å². The van der Waals surface area contributed by atoms with Gasteiger partial charge in [-0.15, -0.1) is 0 Å². The van der Waals surface area contributed by atoms with Crippen molar-refractivity contribution < 1.29 is 23.9 Å². The van der Waals surface area contributed by atoms with Crippen molar-refractivity contribution in [3.63, 3.8) is 0 Å². The molecule has 0 saturated carbocycles. The number of rotatable bonds is 7.